The predicted octanol–water partition coefficient (Wildman–Crippen LogP) is 19.7. The summed E-state index contributed by atoms with van der Waals surface area (Å²) in [6, 6.07) is 78.2. The summed E-state index contributed by atoms with van der Waals surface area (Å²) in [6.45, 7) is 8.66. The number of hydrogen-bond acceptors (Lipinski definition) is 26. The summed E-state index contributed by atoms with van der Waals surface area (Å²) in [4.78, 5) is 154. The van der Waals surface area contributed by atoms with E-state index in [1.807, 2.05) is 216 Å². The number of carbonyl (C=O) groups excluding carboxylic acids is 8. The van der Waals surface area contributed by atoms with Gasteiger partial charge in [-0.3, -0.25) is 58.3 Å². The number of ketones is 4. The Balaban J connectivity index is 0.000000158. The quantitative estimate of drug-likeness (QED) is 0.0169. The summed E-state index contributed by atoms with van der Waals surface area (Å²) in [5.74, 6) is 0.929. The molecule has 0 spiro atoms. The number of Topliss-reactive ketones (excluding diaryl/α,β-unsaturated/α-hetero) is 1. The maximum atomic E-state index is 12.9. The zero-order valence-electron chi connectivity index (χ0n) is 78.3. The first-order chi connectivity index (χ1) is 68.5. The van der Waals surface area contributed by atoms with Crippen LogP contribution in [0.3, 0.4) is 0 Å². The number of nitrogens with zero attached hydrogens (tertiary/aromatic N) is 14. The molecule has 0 aliphatic heterocycles. The second-order valence-electron chi connectivity index (χ2n) is 32.4. The van der Waals surface area contributed by atoms with Crippen molar-refractivity contribution in [3.63, 3.8) is 0 Å². The highest BCUT2D eigenvalue weighted by Gasteiger charge is 2.18. The Kier molecular flexibility index (Phi) is 36.4. The van der Waals surface area contributed by atoms with Crippen LogP contribution in [0, 0.1) is 6.92 Å². The number of rotatable bonds is 36. The summed E-state index contributed by atoms with van der Waals surface area (Å²) in [5, 5.41) is 24.3. The number of hydrogen-bond donors (Lipinski definition) is 8. The molecule has 0 unspecified atom stereocenters. The van der Waals surface area contributed by atoms with Gasteiger partial charge in [-0.25, -0.2) is 39.9 Å². The number of aryl methyl sites for hydroxylation is 1. The molecule has 0 bridgehead atoms. The van der Waals surface area contributed by atoms with Crippen molar-refractivity contribution in [3.8, 4) is 45.0 Å². The molecule has 8 N–H and O–H groups in total. The number of anilines is 12. The number of amides is 4. The normalized spacial score (nSPS) is 10.7. The zero-order chi connectivity index (χ0) is 99.0. The summed E-state index contributed by atoms with van der Waals surface area (Å²) < 4.78 is 0. The fourth-order valence-electron chi connectivity index (χ4n) is 13.7. The summed E-state index contributed by atoms with van der Waals surface area (Å²) in [6.07, 6.45) is 30.3. The van der Waals surface area contributed by atoms with Crippen LogP contribution < -0.4 is 42.5 Å². The van der Waals surface area contributed by atoms with E-state index in [2.05, 4.69) is 109 Å². The summed E-state index contributed by atoms with van der Waals surface area (Å²) in [5.41, 5.74) is 18.6. The van der Waals surface area contributed by atoms with Gasteiger partial charge in [-0.1, -0.05) is 74.2 Å². The lowest BCUT2D eigenvalue weighted by molar-refractivity contribution is -0.118. The van der Waals surface area contributed by atoms with Crippen molar-refractivity contribution >= 4 is 116 Å². The van der Waals surface area contributed by atoms with Crippen molar-refractivity contribution in [2.45, 2.75) is 46.0 Å². The van der Waals surface area contributed by atoms with Crippen LogP contribution in [0.15, 0.2) is 372 Å². The Morgan fingerprint density at radius 1 is 0.312 bits per heavy atom. The van der Waals surface area contributed by atoms with E-state index in [4.69, 9.17) is 0 Å². The molecule has 16 aromatic rings. The molecule has 0 aliphatic rings. The first-order valence-corrected chi connectivity index (χ1v) is 44.9. The molecule has 0 fully saturated rings. The summed E-state index contributed by atoms with van der Waals surface area (Å²) in [7, 11) is 7.77. The molecule has 8 aromatic heterocycles. The molecular formula is C111H102N22O8. The smallest absolute Gasteiger partial charge is 0.255 e. The van der Waals surface area contributed by atoms with Gasteiger partial charge in [-0.05, 0) is 293 Å². The average Bonchev–Trinajstić information content (AvgIpc) is 0.851. The van der Waals surface area contributed by atoms with Gasteiger partial charge in [0.25, 0.3) is 23.6 Å². The minimum Gasteiger partial charge on any atom is -0.324 e. The van der Waals surface area contributed by atoms with E-state index in [9.17, 15) is 38.4 Å². The molecule has 141 heavy (non-hydrogen) atoms. The number of aromatic nitrogens is 12. The molecule has 8 aromatic carbocycles. The van der Waals surface area contributed by atoms with Crippen LogP contribution in [0.25, 0.3) is 45.0 Å². The highest BCUT2D eigenvalue weighted by molar-refractivity contribution is 6.07. The molecule has 30 heteroatoms. The highest BCUT2D eigenvalue weighted by Crippen LogP contribution is 2.29. The second kappa shape index (κ2) is 51.3. The first-order valence-electron chi connectivity index (χ1n) is 44.9. The minimum atomic E-state index is -0.254. The molecule has 0 saturated heterocycles. The number of nitrogens with one attached hydrogen (secondary N) is 8. The monoisotopic (exact) mass is 1870 g/mol. The standard InChI is InChI=1S/C30H30N6O2.C29H28N6O2.C26H23N5O2.C26H21N5O2/c1-21-17-25(11-12-27(21)34-30-32-15-13-28(35-30)24-9-5-14-31-20-24)33-29(38)23-8-4-7-22(18-23)19-26(37)10-6-16-36(2)3;1-35(2)17-5-9-26(36)19-21-6-3-7-22(18-21)28(37)32-24-10-12-25(13-11-24)33-29-31-16-14-27(34-29)23-8-4-15-30-20-23;2*1-2-23(32)16-18-5-3-6-19(15-18)25(33)29-21-8-10-22(11-9-21)30-26-28-14-12-24(31-26)20-7-4-13-27-17-20/h4-15,17-18,20H,16,19H2,1-3H3,(H,33,38)(H,32,34,35);3-16,18,20H,17,19H2,1-2H3,(H,32,37)(H,31,33,34);3-15,17H,2,16H2,1H3,(H,29,33)(H,28,30,31);2-15,17H,1,16H2,(H,29,33)(H,28,30,31)/b10-6+;9-5+;;. The molecule has 4 amide bonds. The Bertz CT molecular complexity index is 7060. The third-order valence-electron chi connectivity index (χ3n) is 20.8. The number of likely N-dealkylation sites (N-methyl/N-ethyl adjacent to an activating group) is 2. The second-order valence-corrected chi connectivity index (χ2v) is 32.4. The van der Waals surface area contributed by atoms with Gasteiger partial charge in [0.2, 0.25) is 23.8 Å². The Morgan fingerprint density at radius 3 is 0.894 bits per heavy atom. The molecule has 8 heterocycles. The van der Waals surface area contributed by atoms with Crippen molar-refractivity contribution in [2.75, 3.05) is 83.8 Å². The number of carbonyl (C=O) groups is 8. The summed E-state index contributed by atoms with van der Waals surface area (Å²) >= 11 is 0. The number of allylic oxidation sites excluding steroid dienone is 3. The number of benzene rings is 8. The molecule has 16 rings (SSSR count). The van der Waals surface area contributed by atoms with E-state index >= 15 is 0 Å². The molecule has 704 valence electrons. The molecule has 0 saturated carbocycles. The lowest BCUT2D eigenvalue weighted by Gasteiger charge is -2.12. The SMILES string of the molecule is C=CC(=O)Cc1cccc(C(=O)Nc2ccc(Nc3nccc(-c4cccnc4)n3)cc2)c1.CCC(=O)Cc1cccc(C(=O)Nc2ccc(Nc3nccc(-c4cccnc4)n3)cc2)c1.CN(C)C/C=C/C(=O)Cc1cccc(C(=O)Nc2ccc(Nc3nccc(-c4cccnc4)n3)cc2)c1.Cc1cc(NC(=O)c2cccc(CC(=O)/C=C/CN(C)C)c2)ccc1Nc1nccc(-c2cccnc2)n1. The van der Waals surface area contributed by atoms with Gasteiger partial charge in [0.15, 0.2) is 17.3 Å². The third kappa shape index (κ3) is 32.1. The van der Waals surface area contributed by atoms with Crippen LogP contribution in [0.5, 0.6) is 0 Å². The van der Waals surface area contributed by atoms with Gasteiger partial charge >= 0.3 is 0 Å². The van der Waals surface area contributed by atoms with E-state index in [0.29, 0.717) is 94.7 Å². The topological polar surface area (TPSA) is 394 Å². The van der Waals surface area contributed by atoms with Crippen LogP contribution in [0.1, 0.15) is 82.6 Å². The zero-order valence-corrected chi connectivity index (χ0v) is 78.3. The van der Waals surface area contributed by atoms with E-state index in [1.54, 1.807) is 196 Å². The highest BCUT2D eigenvalue weighted by atomic mass is 16.2. The van der Waals surface area contributed by atoms with Crippen molar-refractivity contribution in [2.24, 2.45) is 0 Å². The van der Waals surface area contributed by atoms with Gasteiger partial charge in [0.05, 0.1) is 22.8 Å². The van der Waals surface area contributed by atoms with E-state index in [0.717, 1.165) is 95.6 Å². The largest absolute Gasteiger partial charge is 0.324 e. The lowest BCUT2D eigenvalue weighted by atomic mass is 10.0. The molecular weight excluding hydrogens is 1770 g/mol. The van der Waals surface area contributed by atoms with Crippen molar-refractivity contribution in [3.05, 3.63) is 422 Å². The van der Waals surface area contributed by atoms with Crippen LogP contribution in [0.2, 0.25) is 0 Å². The Morgan fingerprint density at radius 2 is 0.603 bits per heavy atom. The lowest BCUT2D eigenvalue weighted by Crippen LogP contribution is -2.13. The maximum Gasteiger partial charge on any atom is 0.255 e. The number of pyridine rings is 4. The van der Waals surface area contributed by atoms with Gasteiger partial charge in [-0.15, -0.1) is 0 Å². The first kappa shape index (κ1) is 100. The van der Waals surface area contributed by atoms with Crippen LogP contribution >= 0.6 is 0 Å². The van der Waals surface area contributed by atoms with Gasteiger partial charge in [-0.2, -0.15) is 0 Å². The Labute approximate surface area is 816 Å². The maximum absolute atomic E-state index is 12.9. The van der Waals surface area contributed by atoms with Crippen molar-refractivity contribution in [1.29, 1.82) is 0 Å². The van der Waals surface area contributed by atoms with Crippen molar-refractivity contribution in [1.82, 2.24) is 69.6 Å². The van der Waals surface area contributed by atoms with Gasteiger partial charge in [0, 0.05) is 210 Å². The molecule has 0 radical (unpaired) electrons. The fraction of sp³-hybridized carbons (Fsp3) is 0.117. The minimum absolute atomic E-state index is 0.00178. The Hall–Kier alpha value is -18.4. The molecule has 0 aliphatic carbocycles. The molecule has 30 nitrogen and oxygen atoms in total. The van der Waals surface area contributed by atoms with Crippen molar-refractivity contribution < 1.29 is 38.4 Å². The van der Waals surface area contributed by atoms with Gasteiger partial charge in [0.1, 0.15) is 5.78 Å². The fourth-order valence-corrected chi connectivity index (χ4v) is 13.7. The van der Waals surface area contributed by atoms with E-state index in [1.165, 1.54) is 6.08 Å². The predicted molar refractivity (Wildman–Crippen MR) is 553 cm³/mol. The van der Waals surface area contributed by atoms with Crippen LogP contribution in [0.4, 0.5) is 69.3 Å². The van der Waals surface area contributed by atoms with E-state index < -0.39 is 0 Å². The third-order valence-corrected chi connectivity index (χ3v) is 20.8. The van der Waals surface area contributed by atoms with E-state index in [-0.39, 0.29) is 66.0 Å². The molecule has 0 atom stereocenters. The average molecular weight is 1870 g/mol. The van der Waals surface area contributed by atoms with Crippen LogP contribution in [-0.2, 0) is 44.9 Å². The van der Waals surface area contributed by atoms with Gasteiger partial charge < -0.3 is 52.3 Å². The van der Waals surface area contributed by atoms with Crippen LogP contribution in [-0.4, -0.2) is 158 Å².